The lowest BCUT2D eigenvalue weighted by atomic mass is 9.82. The largest absolute Gasteiger partial charge is 0.427 e. The highest BCUT2D eigenvalue weighted by atomic mass is 32.2. The summed E-state index contributed by atoms with van der Waals surface area (Å²) in [6.07, 6.45) is 3.73. The van der Waals surface area contributed by atoms with E-state index in [1.165, 1.54) is 19.7 Å². The fraction of sp³-hybridized carbons (Fsp3) is 0.536. The Balaban J connectivity index is 1.99. The van der Waals surface area contributed by atoms with Crippen molar-refractivity contribution in [2.75, 3.05) is 29.5 Å². The van der Waals surface area contributed by atoms with Gasteiger partial charge in [0.2, 0.25) is 15.8 Å². The van der Waals surface area contributed by atoms with E-state index in [-0.39, 0.29) is 23.6 Å². The molecule has 1 radical (unpaired) electrons. The maximum Gasteiger partial charge on any atom is 0.332 e. The van der Waals surface area contributed by atoms with Crippen LogP contribution in [0, 0.1) is 17.0 Å². The van der Waals surface area contributed by atoms with Gasteiger partial charge in [0.1, 0.15) is 23.6 Å². The molecule has 0 spiro atoms. The van der Waals surface area contributed by atoms with E-state index in [1.807, 2.05) is 32.4 Å². The first kappa shape index (κ1) is 33.6. The molecule has 2 heterocycles. The Bertz CT molecular complexity index is 1420. The lowest BCUT2D eigenvalue weighted by Gasteiger charge is -2.40. The summed E-state index contributed by atoms with van der Waals surface area (Å²) in [6.45, 7) is 9.52. The molecule has 1 aliphatic rings. The van der Waals surface area contributed by atoms with Gasteiger partial charge in [-0.3, -0.25) is 14.9 Å². The molecule has 1 unspecified atom stereocenters. The number of halogens is 2. The van der Waals surface area contributed by atoms with Crippen LogP contribution in [0.5, 0.6) is 0 Å². The van der Waals surface area contributed by atoms with Gasteiger partial charge in [0.05, 0.1) is 28.2 Å². The molecule has 1 aromatic heterocycles. The van der Waals surface area contributed by atoms with Crippen molar-refractivity contribution >= 4 is 46.0 Å². The van der Waals surface area contributed by atoms with Gasteiger partial charge in [-0.25, -0.2) is 22.2 Å². The second kappa shape index (κ2) is 13.6. The molecule has 1 fully saturated rings. The van der Waals surface area contributed by atoms with Gasteiger partial charge in [-0.1, -0.05) is 13.0 Å². The van der Waals surface area contributed by atoms with Gasteiger partial charge in [-0.2, -0.15) is 0 Å². The van der Waals surface area contributed by atoms with Crippen molar-refractivity contribution in [1.82, 2.24) is 4.98 Å². The lowest BCUT2D eigenvalue weighted by molar-refractivity contribution is -0.114. The first-order chi connectivity index (χ1) is 19.6. The standard InChI is InChI=1S/C28H38BF2N4O6S/c1-7-14-42(37,38)35-20-12-11-19(30)22(23(20)31)25(36)24(32)18-15-17(29-41-28(4,5)27(2,3)39-6)16-33-26(18)34-21-10-8-9-13-40-21/h11-12,15-16,21,32,35H,7-10,13-14H2,1-6H3,(H,33,34). The smallest absolute Gasteiger partial charge is 0.332 e. The van der Waals surface area contributed by atoms with Crippen LogP contribution in [0.4, 0.5) is 20.3 Å². The molecule has 0 saturated carbocycles. The SMILES string of the molecule is CCCS(=O)(=O)Nc1ccc(F)c(C(=O)C(=N)c2cc([B]OC(C)(C)C(C)(C)OC)cnc2NC2CCCCO2)c1F. The number of anilines is 2. The fourth-order valence-electron chi connectivity index (χ4n) is 4.04. The molecule has 229 valence electrons. The number of nitrogens with one attached hydrogen (secondary N) is 3. The van der Waals surface area contributed by atoms with Crippen molar-refractivity contribution in [3.63, 3.8) is 0 Å². The van der Waals surface area contributed by atoms with Gasteiger partial charge in [0, 0.05) is 25.5 Å². The lowest BCUT2D eigenvalue weighted by Crippen LogP contribution is -2.50. The van der Waals surface area contributed by atoms with E-state index >= 15 is 4.39 Å². The van der Waals surface area contributed by atoms with Gasteiger partial charge >= 0.3 is 7.48 Å². The normalized spacial score (nSPS) is 16.1. The highest BCUT2D eigenvalue weighted by Gasteiger charge is 2.38. The van der Waals surface area contributed by atoms with E-state index in [4.69, 9.17) is 19.5 Å². The number of aromatic nitrogens is 1. The number of rotatable bonds is 14. The summed E-state index contributed by atoms with van der Waals surface area (Å²) in [7, 11) is -0.967. The monoisotopic (exact) mass is 607 g/mol. The van der Waals surface area contributed by atoms with Crippen LogP contribution in [0.25, 0.3) is 0 Å². The topological polar surface area (TPSA) is 140 Å². The second-order valence-electron chi connectivity index (χ2n) is 11.0. The number of sulfonamides is 1. The van der Waals surface area contributed by atoms with Gasteiger partial charge in [-0.15, -0.1) is 0 Å². The van der Waals surface area contributed by atoms with Crippen molar-refractivity contribution in [2.24, 2.45) is 0 Å². The molecular formula is C28H38BF2N4O6S. The first-order valence-electron chi connectivity index (χ1n) is 13.7. The maximum atomic E-state index is 15.4. The van der Waals surface area contributed by atoms with Crippen LogP contribution in [0.3, 0.4) is 0 Å². The number of methoxy groups -OCH3 is 1. The Morgan fingerprint density at radius 3 is 2.55 bits per heavy atom. The van der Waals surface area contributed by atoms with Crippen LogP contribution in [-0.4, -0.2) is 69.3 Å². The highest BCUT2D eigenvalue weighted by Crippen LogP contribution is 2.28. The van der Waals surface area contributed by atoms with Crippen LogP contribution in [0.2, 0.25) is 0 Å². The number of ether oxygens (including phenoxy) is 2. The predicted octanol–water partition coefficient (Wildman–Crippen LogP) is 4.17. The van der Waals surface area contributed by atoms with E-state index < -0.39 is 61.8 Å². The molecule has 3 N–H and O–H groups in total. The molecule has 10 nitrogen and oxygen atoms in total. The number of Topliss-reactive ketones (excluding diaryl/α,β-unsaturated/α-hetero) is 1. The number of ketones is 1. The van der Waals surface area contributed by atoms with Gasteiger partial charge in [-0.05, 0) is 71.0 Å². The summed E-state index contributed by atoms with van der Waals surface area (Å²) in [5.41, 5.74) is -3.57. The zero-order chi connectivity index (χ0) is 31.3. The van der Waals surface area contributed by atoms with Crippen LogP contribution in [0.15, 0.2) is 24.4 Å². The van der Waals surface area contributed by atoms with E-state index in [1.54, 1.807) is 14.0 Å². The number of nitrogens with zero attached hydrogens (tertiary/aromatic N) is 1. The molecular weight excluding hydrogens is 569 g/mol. The van der Waals surface area contributed by atoms with Gasteiger partial charge < -0.3 is 19.4 Å². The molecule has 3 rings (SSSR count). The van der Waals surface area contributed by atoms with Gasteiger partial charge in [0.25, 0.3) is 0 Å². The molecule has 0 bridgehead atoms. The average molecular weight is 608 g/mol. The molecule has 14 heteroatoms. The fourth-order valence-corrected chi connectivity index (χ4v) is 5.17. The van der Waals surface area contributed by atoms with Crippen molar-refractivity contribution in [1.29, 1.82) is 5.41 Å². The third-order valence-electron chi connectivity index (χ3n) is 7.39. The molecule has 0 aliphatic carbocycles. The Labute approximate surface area is 246 Å². The predicted molar refractivity (Wildman–Crippen MR) is 158 cm³/mol. The zero-order valence-corrected chi connectivity index (χ0v) is 25.6. The number of pyridine rings is 1. The third-order valence-corrected chi connectivity index (χ3v) is 8.87. The Morgan fingerprint density at radius 2 is 1.93 bits per heavy atom. The van der Waals surface area contributed by atoms with Crippen LogP contribution in [-0.2, 0) is 24.2 Å². The van der Waals surface area contributed by atoms with Crippen molar-refractivity contribution in [2.45, 2.75) is 77.7 Å². The molecule has 1 aliphatic heterocycles. The summed E-state index contributed by atoms with van der Waals surface area (Å²) in [4.78, 5) is 17.8. The number of hydrogen-bond acceptors (Lipinski definition) is 9. The minimum Gasteiger partial charge on any atom is -0.427 e. The van der Waals surface area contributed by atoms with Crippen molar-refractivity contribution in [3.05, 3.63) is 47.2 Å². The molecule has 1 atom stereocenters. The van der Waals surface area contributed by atoms with E-state index in [9.17, 15) is 17.6 Å². The minimum absolute atomic E-state index is 0.0499. The summed E-state index contributed by atoms with van der Waals surface area (Å²) < 4.78 is 74.0. The molecule has 42 heavy (non-hydrogen) atoms. The van der Waals surface area contributed by atoms with Crippen LogP contribution < -0.4 is 15.5 Å². The Kier molecular flexibility index (Phi) is 10.8. The number of carbonyl (C=O) groups is 1. The van der Waals surface area contributed by atoms with Crippen molar-refractivity contribution in [3.8, 4) is 0 Å². The Hall–Kier alpha value is -2.94. The zero-order valence-electron chi connectivity index (χ0n) is 24.8. The molecule has 1 aromatic carbocycles. The summed E-state index contributed by atoms with van der Waals surface area (Å²) in [5, 5.41) is 11.8. The van der Waals surface area contributed by atoms with Crippen LogP contribution in [0.1, 0.15) is 76.2 Å². The third kappa shape index (κ3) is 7.91. The quantitative estimate of drug-likeness (QED) is 0.165. The Morgan fingerprint density at radius 1 is 1.21 bits per heavy atom. The molecule has 2 aromatic rings. The number of carbonyl (C=O) groups excluding carboxylic acids is 1. The number of hydrogen-bond donors (Lipinski definition) is 3. The van der Waals surface area contributed by atoms with E-state index in [2.05, 4.69) is 10.3 Å². The van der Waals surface area contributed by atoms with E-state index in [0.717, 1.165) is 25.0 Å². The highest BCUT2D eigenvalue weighted by molar-refractivity contribution is 7.92. The van der Waals surface area contributed by atoms with Gasteiger partial charge in [0.15, 0.2) is 5.82 Å². The number of benzene rings is 1. The minimum atomic E-state index is -3.93. The summed E-state index contributed by atoms with van der Waals surface area (Å²) in [6, 6.07) is 3.11. The molecule has 1 saturated heterocycles. The summed E-state index contributed by atoms with van der Waals surface area (Å²) in [5.74, 6) is -4.15. The molecule has 0 amide bonds. The van der Waals surface area contributed by atoms with E-state index in [0.29, 0.717) is 18.5 Å². The van der Waals surface area contributed by atoms with Crippen LogP contribution >= 0.6 is 0 Å². The maximum absolute atomic E-state index is 15.4. The van der Waals surface area contributed by atoms with Crippen molar-refractivity contribution < 1.29 is 36.1 Å². The second-order valence-corrected chi connectivity index (χ2v) is 12.9. The first-order valence-corrected chi connectivity index (χ1v) is 15.3. The summed E-state index contributed by atoms with van der Waals surface area (Å²) >= 11 is 0. The average Bonchev–Trinajstić information content (AvgIpc) is 2.94.